The Labute approximate surface area is 91.9 Å². The average Bonchev–Trinajstić information content (AvgIpc) is 2.52. The van der Waals surface area contributed by atoms with Crippen LogP contribution in [0.4, 0.5) is 0 Å². The average molecular weight is 251 g/mol. The molecule has 0 aliphatic heterocycles. The Morgan fingerprint density at radius 2 is 2.07 bits per heavy atom. The van der Waals surface area contributed by atoms with Gasteiger partial charge in [-0.05, 0) is 19.4 Å². The zero-order chi connectivity index (χ0) is 10.1. The molecule has 0 saturated heterocycles. The third-order valence-electron chi connectivity index (χ3n) is 2.22. The molecule has 14 heavy (non-hydrogen) atoms. The van der Waals surface area contributed by atoms with Crippen molar-refractivity contribution < 1.29 is 0 Å². The summed E-state index contributed by atoms with van der Waals surface area (Å²) in [4.78, 5) is 4.29. The van der Waals surface area contributed by atoms with Crippen molar-refractivity contribution in [1.29, 1.82) is 0 Å². The Hall–Kier alpha value is -1.09. The van der Waals surface area contributed by atoms with Gasteiger partial charge in [-0.1, -0.05) is 23.8 Å². The molecule has 1 aromatic heterocycles. The normalized spacial score (nSPS) is 10.5. The third kappa shape index (κ3) is 1.60. The van der Waals surface area contributed by atoms with Gasteiger partial charge in [-0.25, -0.2) is 4.98 Å². The van der Waals surface area contributed by atoms with Crippen LogP contribution in [0.5, 0.6) is 0 Å². The van der Waals surface area contributed by atoms with Crippen LogP contribution >= 0.6 is 16.1 Å². The molecule has 0 fully saturated rings. The Morgan fingerprint density at radius 1 is 1.29 bits per heavy atom. The lowest BCUT2D eigenvalue weighted by atomic mass is 10.1. The van der Waals surface area contributed by atoms with Gasteiger partial charge in [-0.2, -0.15) is 0 Å². The first-order valence-electron chi connectivity index (χ1n) is 4.45. The lowest BCUT2D eigenvalue weighted by molar-refractivity contribution is 1.24. The second-order valence-corrected chi connectivity index (χ2v) is 4.14. The number of aryl methyl sites for hydroxylation is 2. The van der Waals surface area contributed by atoms with Gasteiger partial charge < -0.3 is 0 Å². The van der Waals surface area contributed by atoms with Crippen LogP contribution < -0.4 is 0 Å². The summed E-state index contributed by atoms with van der Waals surface area (Å²) in [6, 6.07) is 6.37. The van der Waals surface area contributed by atoms with E-state index < -0.39 is 0 Å². The number of aromatic nitrogens is 2. The van der Waals surface area contributed by atoms with Crippen LogP contribution in [0.25, 0.3) is 11.4 Å². The molecule has 0 atom stereocenters. The van der Waals surface area contributed by atoms with E-state index in [-0.39, 0.29) is 0 Å². The van der Waals surface area contributed by atoms with Crippen molar-refractivity contribution >= 4 is 16.1 Å². The summed E-state index contributed by atoms with van der Waals surface area (Å²) >= 11 is 3.41. The van der Waals surface area contributed by atoms with Crippen molar-refractivity contribution in [3.8, 4) is 11.4 Å². The van der Waals surface area contributed by atoms with Gasteiger partial charge >= 0.3 is 0 Å². The van der Waals surface area contributed by atoms with E-state index in [0.29, 0.717) is 0 Å². The number of nitrogens with zero attached hydrogens (tertiary/aromatic N) is 2. The van der Waals surface area contributed by atoms with Gasteiger partial charge in [0.05, 0.1) is 16.1 Å². The summed E-state index contributed by atoms with van der Waals surface area (Å²) in [7, 11) is 0. The van der Waals surface area contributed by atoms with Crippen molar-refractivity contribution in [1.82, 2.24) is 8.58 Å². The molecule has 1 aromatic carbocycles. The second-order valence-electron chi connectivity index (χ2n) is 3.38. The summed E-state index contributed by atoms with van der Waals surface area (Å²) < 4.78 is 1.85. The van der Waals surface area contributed by atoms with E-state index in [1.54, 1.807) is 6.20 Å². The highest BCUT2D eigenvalue weighted by Gasteiger charge is 2.06. The standard InChI is InChI=1S/C11H11BrN2/c1-8-3-4-10(9(2)7-8)11-13-5-6-14(11)12/h3-7H,1-2H3. The molecular formula is C11H11BrN2. The van der Waals surface area contributed by atoms with Crippen LogP contribution in [-0.4, -0.2) is 8.58 Å². The largest absolute Gasteiger partial charge is 0.266 e. The van der Waals surface area contributed by atoms with Crippen molar-refractivity contribution in [2.45, 2.75) is 13.8 Å². The predicted molar refractivity (Wildman–Crippen MR) is 61.5 cm³/mol. The summed E-state index contributed by atoms with van der Waals surface area (Å²) in [6.07, 6.45) is 3.66. The van der Waals surface area contributed by atoms with E-state index in [9.17, 15) is 0 Å². The molecule has 1 heterocycles. The quantitative estimate of drug-likeness (QED) is 0.760. The molecule has 0 saturated carbocycles. The molecule has 0 N–H and O–H groups in total. The van der Waals surface area contributed by atoms with E-state index in [2.05, 4.69) is 53.2 Å². The first-order valence-corrected chi connectivity index (χ1v) is 5.16. The fourth-order valence-corrected chi connectivity index (χ4v) is 1.93. The fourth-order valence-electron chi connectivity index (χ4n) is 1.54. The van der Waals surface area contributed by atoms with Gasteiger partial charge in [-0.3, -0.25) is 3.59 Å². The van der Waals surface area contributed by atoms with E-state index in [1.165, 1.54) is 11.1 Å². The van der Waals surface area contributed by atoms with Gasteiger partial charge in [0.15, 0.2) is 0 Å². The molecule has 0 amide bonds. The molecule has 2 nitrogen and oxygen atoms in total. The highest BCUT2D eigenvalue weighted by Crippen LogP contribution is 2.23. The van der Waals surface area contributed by atoms with Gasteiger partial charge in [0, 0.05) is 18.0 Å². The predicted octanol–water partition coefficient (Wildman–Crippen LogP) is 3.32. The Bertz CT molecular complexity index is 460. The van der Waals surface area contributed by atoms with Gasteiger partial charge in [0.1, 0.15) is 5.82 Å². The van der Waals surface area contributed by atoms with E-state index >= 15 is 0 Å². The van der Waals surface area contributed by atoms with Gasteiger partial charge in [0.25, 0.3) is 0 Å². The van der Waals surface area contributed by atoms with Crippen LogP contribution in [0, 0.1) is 13.8 Å². The monoisotopic (exact) mass is 250 g/mol. The zero-order valence-corrected chi connectivity index (χ0v) is 9.75. The Morgan fingerprint density at radius 3 is 2.64 bits per heavy atom. The van der Waals surface area contributed by atoms with Crippen molar-refractivity contribution in [3.63, 3.8) is 0 Å². The number of halogens is 1. The first kappa shape index (κ1) is 9.46. The second kappa shape index (κ2) is 3.58. The number of imidazole rings is 1. The van der Waals surface area contributed by atoms with Crippen LogP contribution in [-0.2, 0) is 0 Å². The molecule has 0 aliphatic rings. The highest BCUT2D eigenvalue weighted by atomic mass is 79.9. The number of benzene rings is 1. The molecule has 2 aromatic rings. The van der Waals surface area contributed by atoms with Crippen LogP contribution in [0.3, 0.4) is 0 Å². The minimum atomic E-state index is 0.947. The number of hydrogen-bond donors (Lipinski definition) is 0. The number of hydrogen-bond acceptors (Lipinski definition) is 1. The molecule has 0 unspecified atom stereocenters. The molecular weight excluding hydrogens is 240 g/mol. The minimum Gasteiger partial charge on any atom is -0.266 e. The zero-order valence-electron chi connectivity index (χ0n) is 8.16. The molecule has 0 spiro atoms. The topological polar surface area (TPSA) is 17.8 Å². The highest BCUT2D eigenvalue weighted by molar-refractivity contribution is 9.08. The minimum absolute atomic E-state index is 0.947. The molecule has 0 bridgehead atoms. The van der Waals surface area contributed by atoms with Crippen molar-refractivity contribution in [2.24, 2.45) is 0 Å². The van der Waals surface area contributed by atoms with Crippen molar-refractivity contribution in [2.75, 3.05) is 0 Å². The molecule has 3 heteroatoms. The summed E-state index contributed by atoms with van der Waals surface area (Å²) in [5.74, 6) is 0.947. The smallest absolute Gasteiger partial charge is 0.150 e. The Balaban J connectivity index is 2.58. The maximum absolute atomic E-state index is 4.29. The van der Waals surface area contributed by atoms with Crippen LogP contribution in [0.15, 0.2) is 30.6 Å². The fraction of sp³-hybridized carbons (Fsp3) is 0.182. The lowest BCUT2D eigenvalue weighted by Gasteiger charge is -2.05. The molecule has 0 radical (unpaired) electrons. The summed E-state index contributed by atoms with van der Waals surface area (Å²) in [5, 5.41) is 0. The Kier molecular flexibility index (Phi) is 2.42. The van der Waals surface area contributed by atoms with Gasteiger partial charge in [0.2, 0.25) is 0 Å². The summed E-state index contributed by atoms with van der Waals surface area (Å²) in [6.45, 7) is 4.20. The molecule has 0 aliphatic carbocycles. The molecule has 2 rings (SSSR count). The van der Waals surface area contributed by atoms with Crippen molar-refractivity contribution in [3.05, 3.63) is 41.7 Å². The molecule has 72 valence electrons. The number of rotatable bonds is 1. The summed E-state index contributed by atoms with van der Waals surface area (Å²) in [5.41, 5.74) is 3.69. The van der Waals surface area contributed by atoms with E-state index in [4.69, 9.17) is 0 Å². The van der Waals surface area contributed by atoms with Crippen LogP contribution in [0.1, 0.15) is 11.1 Å². The SMILES string of the molecule is Cc1ccc(-c2nccn2Br)c(C)c1. The van der Waals surface area contributed by atoms with E-state index in [0.717, 1.165) is 11.4 Å². The lowest BCUT2D eigenvalue weighted by Crippen LogP contribution is -1.89. The maximum atomic E-state index is 4.29. The van der Waals surface area contributed by atoms with Crippen LogP contribution in [0.2, 0.25) is 0 Å². The van der Waals surface area contributed by atoms with Gasteiger partial charge in [-0.15, -0.1) is 0 Å². The first-order chi connectivity index (χ1) is 6.68. The van der Waals surface area contributed by atoms with E-state index in [1.807, 2.05) is 9.79 Å². The third-order valence-corrected chi connectivity index (χ3v) is 2.79. The maximum Gasteiger partial charge on any atom is 0.150 e.